The molecule has 0 spiro atoms. The molecule has 1 aromatic carbocycles. The molecular formula is C39H56O2. The second kappa shape index (κ2) is 12.3. The Morgan fingerprint density at radius 1 is 0.951 bits per heavy atom. The third kappa shape index (κ3) is 6.21. The number of ether oxygens (including phenoxy) is 1. The number of carbonyl (C=O) groups excluding carboxylic acids is 1. The van der Waals surface area contributed by atoms with E-state index in [9.17, 15) is 4.79 Å². The Kier molecular flexibility index (Phi) is 9.14. The van der Waals surface area contributed by atoms with E-state index < -0.39 is 0 Å². The van der Waals surface area contributed by atoms with E-state index in [2.05, 4.69) is 53.0 Å². The maximum Gasteiger partial charge on any atom is 0.338 e. The molecule has 2 nitrogen and oxygen atoms in total. The van der Waals surface area contributed by atoms with Crippen LogP contribution in [0.3, 0.4) is 0 Å². The van der Waals surface area contributed by atoms with E-state index in [0.717, 1.165) is 59.5 Å². The second-order valence-electron chi connectivity index (χ2n) is 15.6. The number of allylic oxidation sites excluding steroid dienone is 1. The van der Waals surface area contributed by atoms with Crippen LogP contribution < -0.4 is 0 Å². The molecule has 0 N–H and O–H groups in total. The Balaban J connectivity index is 1.19. The highest BCUT2D eigenvalue weighted by atomic mass is 16.5. The predicted octanol–water partition coefficient (Wildman–Crippen LogP) is 10.3. The molecule has 0 bridgehead atoms. The van der Waals surface area contributed by atoms with E-state index in [1.165, 1.54) is 64.2 Å². The molecule has 9 atom stereocenters. The van der Waals surface area contributed by atoms with Gasteiger partial charge in [0, 0.05) is 5.56 Å². The summed E-state index contributed by atoms with van der Waals surface area (Å²) in [5.74, 6) is 11.9. The first-order valence-electron chi connectivity index (χ1n) is 17.0. The van der Waals surface area contributed by atoms with E-state index in [4.69, 9.17) is 4.74 Å². The first-order valence-corrected chi connectivity index (χ1v) is 17.0. The van der Waals surface area contributed by atoms with Crippen LogP contribution in [0.25, 0.3) is 0 Å². The minimum atomic E-state index is -0.181. The van der Waals surface area contributed by atoms with Gasteiger partial charge in [0.15, 0.2) is 0 Å². The van der Waals surface area contributed by atoms with Gasteiger partial charge in [-0.25, -0.2) is 4.79 Å². The lowest BCUT2D eigenvalue weighted by Crippen LogP contribution is -2.54. The summed E-state index contributed by atoms with van der Waals surface area (Å²) in [6.07, 6.45) is 16.0. The predicted molar refractivity (Wildman–Crippen MR) is 170 cm³/mol. The largest absolute Gasteiger partial charge is 0.459 e. The van der Waals surface area contributed by atoms with Gasteiger partial charge in [-0.1, -0.05) is 72.3 Å². The summed E-state index contributed by atoms with van der Waals surface area (Å²) in [7, 11) is 0. The molecule has 5 rings (SSSR count). The van der Waals surface area contributed by atoms with Gasteiger partial charge in [-0.05, 0) is 147 Å². The van der Waals surface area contributed by atoms with Gasteiger partial charge in [0.1, 0.15) is 6.10 Å². The number of carbonyl (C=O) groups is 1. The molecule has 4 fully saturated rings. The number of hydrogen-bond acceptors (Lipinski definition) is 2. The molecule has 4 aliphatic rings. The van der Waals surface area contributed by atoms with Gasteiger partial charge >= 0.3 is 5.97 Å². The summed E-state index contributed by atoms with van der Waals surface area (Å²) in [5.41, 5.74) is 3.33. The standard InChI is InChI=1S/C39H56O2/c1-26(2)9-8-10-28(5)34-19-20-35-33-18-17-31-25-32(21-23-38(31,6)36(33)22-24-39(34,35)7)41-37(40)30-15-13-29(14-16-30)12-11-27(3)4/h13-16,26,28,31-36H,3,8-10,17-25H2,1-2,4-7H3/t28-,31+,32+,33+,34-,35+,36+,38+,39-/m1/s1. The molecule has 0 aromatic heterocycles. The first-order chi connectivity index (χ1) is 19.5. The minimum absolute atomic E-state index is 0.0522. The normalized spacial score (nSPS) is 36.8. The van der Waals surface area contributed by atoms with Crippen LogP contribution in [0.15, 0.2) is 36.4 Å². The van der Waals surface area contributed by atoms with Gasteiger partial charge in [-0.2, -0.15) is 0 Å². The van der Waals surface area contributed by atoms with Gasteiger partial charge in [0.05, 0.1) is 5.56 Å². The molecule has 41 heavy (non-hydrogen) atoms. The highest BCUT2D eigenvalue weighted by molar-refractivity contribution is 5.89. The van der Waals surface area contributed by atoms with Crippen molar-refractivity contribution >= 4 is 5.97 Å². The molecule has 224 valence electrons. The molecule has 0 aliphatic heterocycles. The minimum Gasteiger partial charge on any atom is -0.459 e. The van der Waals surface area contributed by atoms with Crippen LogP contribution in [-0.4, -0.2) is 12.1 Å². The first kappa shape index (κ1) is 30.4. The van der Waals surface area contributed by atoms with Gasteiger partial charge in [-0.15, -0.1) is 0 Å². The summed E-state index contributed by atoms with van der Waals surface area (Å²) < 4.78 is 6.13. The Hall–Kier alpha value is -2.01. The van der Waals surface area contributed by atoms with E-state index in [0.29, 0.717) is 22.3 Å². The van der Waals surface area contributed by atoms with E-state index in [1.54, 1.807) is 0 Å². The van der Waals surface area contributed by atoms with Gasteiger partial charge in [0.2, 0.25) is 0 Å². The fraction of sp³-hybridized carbons (Fsp3) is 0.718. The van der Waals surface area contributed by atoms with Crippen molar-refractivity contribution in [2.45, 2.75) is 125 Å². The Morgan fingerprint density at radius 2 is 1.66 bits per heavy atom. The van der Waals surface area contributed by atoms with E-state index in [1.807, 2.05) is 31.2 Å². The molecule has 1 aromatic rings. The van der Waals surface area contributed by atoms with Crippen molar-refractivity contribution in [1.82, 2.24) is 0 Å². The summed E-state index contributed by atoms with van der Waals surface area (Å²) in [5, 5.41) is 0. The summed E-state index contributed by atoms with van der Waals surface area (Å²) in [6.45, 7) is 18.4. The number of fused-ring (bicyclic) bond motifs is 5. The zero-order chi connectivity index (χ0) is 29.4. The van der Waals surface area contributed by atoms with Crippen LogP contribution in [0.2, 0.25) is 0 Å². The summed E-state index contributed by atoms with van der Waals surface area (Å²) in [6, 6.07) is 7.51. The second-order valence-corrected chi connectivity index (χ2v) is 15.6. The zero-order valence-corrected chi connectivity index (χ0v) is 26.9. The third-order valence-electron chi connectivity index (χ3n) is 12.6. The highest BCUT2D eigenvalue weighted by Gasteiger charge is 2.60. The van der Waals surface area contributed by atoms with Crippen molar-refractivity contribution in [3.8, 4) is 11.8 Å². The van der Waals surface area contributed by atoms with E-state index in [-0.39, 0.29) is 12.1 Å². The van der Waals surface area contributed by atoms with Gasteiger partial charge in [0.25, 0.3) is 0 Å². The lowest BCUT2D eigenvalue weighted by molar-refractivity contribution is -0.130. The molecule has 0 unspecified atom stereocenters. The highest BCUT2D eigenvalue weighted by Crippen LogP contribution is 2.68. The van der Waals surface area contributed by atoms with Crippen LogP contribution in [0, 0.1) is 64.1 Å². The van der Waals surface area contributed by atoms with Crippen molar-refractivity contribution in [1.29, 1.82) is 0 Å². The van der Waals surface area contributed by atoms with Gasteiger partial charge in [-0.3, -0.25) is 0 Å². The van der Waals surface area contributed by atoms with Crippen LogP contribution in [0.5, 0.6) is 0 Å². The Morgan fingerprint density at radius 3 is 2.37 bits per heavy atom. The fourth-order valence-corrected chi connectivity index (χ4v) is 10.4. The average molecular weight is 557 g/mol. The lowest BCUT2D eigenvalue weighted by Gasteiger charge is -2.61. The average Bonchev–Trinajstić information content (AvgIpc) is 3.29. The van der Waals surface area contributed by atoms with Crippen molar-refractivity contribution in [3.05, 3.63) is 47.5 Å². The van der Waals surface area contributed by atoms with Crippen molar-refractivity contribution in [3.63, 3.8) is 0 Å². The molecule has 0 radical (unpaired) electrons. The van der Waals surface area contributed by atoms with Crippen LogP contribution >= 0.6 is 0 Å². The molecule has 0 saturated heterocycles. The van der Waals surface area contributed by atoms with Crippen LogP contribution in [0.4, 0.5) is 0 Å². The smallest absolute Gasteiger partial charge is 0.338 e. The molecule has 4 saturated carbocycles. The van der Waals surface area contributed by atoms with Crippen molar-refractivity contribution < 1.29 is 9.53 Å². The van der Waals surface area contributed by atoms with Crippen molar-refractivity contribution in [2.75, 3.05) is 0 Å². The van der Waals surface area contributed by atoms with Crippen LogP contribution in [-0.2, 0) is 4.74 Å². The fourth-order valence-electron chi connectivity index (χ4n) is 10.4. The number of esters is 1. The maximum absolute atomic E-state index is 13.0. The Labute approximate surface area is 251 Å². The maximum atomic E-state index is 13.0. The Bertz CT molecular complexity index is 1150. The van der Waals surface area contributed by atoms with Crippen LogP contribution in [0.1, 0.15) is 135 Å². The topological polar surface area (TPSA) is 26.3 Å². The molecule has 4 aliphatic carbocycles. The van der Waals surface area contributed by atoms with E-state index >= 15 is 0 Å². The quantitative estimate of drug-likeness (QED) is 0.247. The molecule has 0 heterocycles. The zero-order valence-electron chi connectivity index (χ0n) is 26.9. The monoisotopic (exact) mass is 556 g/mol. The van der Waals surface area contributed by atoms with Crippen molar-refractivity contribution in [2.24, 2.45) is 52.3 Å². The lowest BCUT2D eigenvalue weighted by atomic mass is 9.44. The molecule has 0 amide bonds. The third-order valence-corrected chi connectivity index (χ3v) is 12.6. The number of hydrogen-bond donors (Lipinski definition) is 0. The SMILES string of the molecule is C=C(C)C#Cc1ccc(C(=O)O[C@H]2CC[C@@]3(C)[C@@H](CC[C@@H]4[C@@H]3CC[C@]3(C)[C@@H]([C@H](C)CCCC(C)C)CC[C@@H]43)C2)cc1. The molecule has 2 heteroatoms. The van der Waals surface area contributed by atoms with Gasteiger partial charge < -0.3 is 4.74 Å². The summed E-state index contributed by atoms with van der Waals surface area (Å²) >= 11 is 0. The number of benzene rings is 1. The summed E-state index contributed by atoms with van der Waals surface area (Å²) in [4.78, 5) is 13.0. The number of rotatable bonds is 7. The molecular weight excluding hydrogens is 500 g/mol.